The van der Waals surface area contributed by atoms with Crippen molar-refractivity contribution in [2.45, 2.75) is 64.3 Å². The van der Waals surface area contributed by atoms with E-state index in [0.29, 0.717) is 19.3 Å². The molecule has 1 unspecified atom stereocenters. The van der Waals surface area contributed by atoms with Crippen molar-refractivity contribution >= 4 is 29.9 Å². The number of ether oxygens (including phenoxy) is 2. The Labute approximate surface area is 165 Å². The van der Waals surface area contributed by atoms with Crippen LogP contribution in [0.5, 0.6) is 0 Å². The summed E-state index contributed by atoms with van der Waals surface area (Å²) in [4.78, 5) is 4.30. The van der Waals surface area contributed by atoms with Crippen LogP contribution in [0.25, 0.3) is 0 Å². The van der Waals surface area contributed by atoms with Gasteiger partial charge in [0.05, 0.1) is 13.2 Å². The predicted octanol–water partition coefficient (Wildman–Crippen LogP) is 3.57. The minimum Gasteiger partial charge on any atom is -0.382 e. The first-order valence-electron chi connectivity index (χ1n) is 9.30. The van der Waals surface area contributed by atoms with Crippen LogP contribution in [-0.2, 0) is 9.47 Å². The van der Waals surface area contributed by atoms with Gasteiger partial charge < -0.3 is 20.1 Å². The predicted molar refractivity (Wildman–Crippen MR) is 112 cm³/mol. The smallest absolute Gasteiger partial charge is 0.191 e. The lowest BCUT2D eigenvalue weighted by atomic mass is 9.85. The third-order valence-electron chi connectivity index (χ3n) is 4.53. The average Bonchev–Trinajstić information content (AvgIpc) is 2.59. The molecule has 1 saturated carbocycles. The molecule has 0 heterocycles. The summed E-state index contributed by atoms with van der Waals surface area (Å²) in [6, 6.07) is 0.473. The molecule has 0 aliphatic heterocycles. The molecule has 0 aromatic heterocycles. The van der Waals surface area contributed by atoms with Gasteiger partial charge in [-0.2, -0.15) is 0 Å². The zero-order valence-corrected chi connectivity index (χ0v) is 18.1. The summed E-state index contributed by atoms with van der Waals surface area (Å²) in [5.74, 6) is 1.85. The first kappa shape index (κ1) is 23.9. The van der Waals surface area contributed by atoms with Crippen molar-refractivity contribution in [3.05, 3.63) is 0 Å². The Morgan fingerprint density at radius 2 is 1.92 bits per heavy atom. The standard InChI is InChI=1S/C18H37N3O2.HI/c1-16(10-11-17-8-5-4-6-9-17)21-18(19-2)20-12-7-13-23-15-14-22-3;/h16-17H,4-15H2,1-3H3,(H2,19,20,21);1H. The molecule has 0 saturated heterocycles. The lowest BCUT2D eigenvalue weighted by Crippen LogP contribution is -2.42. The van der Waals surface area contributed by atoms with Gasteiger partial charge in [0, 0.05) is 33.4 Å². The van der Waals surface area contributed by atoms with Gasteiger partial charge in [-0.25, -0.2) is 0 Å². The number of nitrogens with one attached hydrogen (secondary N) is 2. The lowest BCUT2D eigenvalue weighted by molar-refractivity contribution is 0.0698. The fourth-order valence-electron chi connectivity index (χ4n) is 3.09. The number of methoxy groups -OCH3 is 1. The molecule has 1 aliphatic carbocycles. The van der Waals surface area contributed by atoms with E-state index in [-0.39, 0.29) is 24.0 Å². The molecule has 1 aliphatic rings. The van der Waals surface area contributed by atoms with Crippen LogP contribution < -0.4 is 10.6 Å². The van der Waals surface area contributed by atoms with Crippen LogP contribution in [0.15, 0.2) is 4.99 Å². The van der Waals surface area contributed by atoms with E-state index >= 15 is 0 Å². The minimum atomic E-state index is 0. The molecule has 0 radical (unpaired) electrons. The lowest BCUT2D eigenvalue weighted by Gasteiger charge is -2.24. The van der Waals surface area contributed by atoms with Gasteiger partial charge in [-0.05, 0) is 32.1 Å². The van der Waals surface area contributed by atoms with E-state index in [2.05, 4.69) is 22.5 Å². The summed E-state index contributed by atoms with van der Waals surface area (Å²) in [5, 5.41) is 6.85. The van der Waals surface area contributed by atoms with Gasteiger partial charge in [-0.3, -0.25) is 4.99 Å². The summed E-state index contributed by atoms with van der Waals surface area (Å²) in [6.45, 7) is 5.22. The van der Waals surface area contributed by atoms with Crippen LogP contribution in [-0.4, -0.2) is 52.5 Å². The highest BCUT2D eigenvalue weighted by Gasteiger charge is 2.14. The first-order chi connectivity index (χ1) is 11.3. The van der Waals surface area contributed by atoms with Gasteiger partial charge in [-0.1, -0.05) is 32.1 Å². The number of guanidine groups is 1. The Bertz CT molecular complexity index is 311. The molecule has 0 bridgehead atoms. The second-order valence-corrected chi connectivity index (χ2v) is 6.58. The van der Waals surface area contributed by atoms with Crippen molar-refractivity contribution in [3.8, 4) is 0 Å². The molecule has 0 spiro atoms. The maximum absolute atomic E-state index is 5.45. The van der Waals surface area contributed by atoms with E-state index in [9.17, 15) is 0 Å². The number of nitrogens with zero attached hydrogens (tertiary/aromatic N) is 1. The highest BCUT2D eigenvalue weighted by molar-refractivity contribution is 14.0. The number of aliphatic imine (C=N–C) groups is 1. The summed E-state index contributed by atoms with van der Waals surface area (Å²) in [5.41, 5.74) is 0. The van der Waals surface area contributed by atoms with E-state index in [1.165, 1.54) is 44.9 Å². The van der Waals surface area contributed by atoms with Gasteiger partial charge >= 0.3 is 0 Å². The number of rotatable bonds is 11. The molecule has 24 heavy (non-hydrogen) atoms. The first-order valence-corrected chi connectivity index (χ1v) is 9.30. The molecule has 5 nitrogen and oxygen atoms in total. The fourth-order valence-corrected chi connectivity index (χ4v) is 3.09. The summed E-state index contributed by atoms with van der Waals surface area (Å²) >= 11 is 0. The Morgan fingerprint density at radius 3 is 2.58 bits per heavy atom. The van der Waals surface area contributed by atoms with Gasteiger partial charge in [-0.15, -0.1) is 24.0 Å². The van der Waals surface area contributed by atoms with Crippen molar-refractivity contribution in [2.75, 3.05) is 40.5 Å². The molecule has 1 atom stereocenters. The third kappa shape index (κ3) is 12.3. The van der Waals surface area contributed by atoms with E-state index in [1.807, 2.05) is 7.05 Å². The highest BCUT2D eigenvalue weighted by atomic mass is 127. The third-order valence-corrected chi connectivity index (χ3v) is 4.53. The normalized spacial score (nSPS) is 17.2. The summed E-state index contributed by atoms with van der Waals surface area (Å²) in [6.07, 6.45) is 10.7. The average molecular weight is 455 g/mol. The molecule has 144 valence electrons. The molecule has 6 heteroatoms. The molecule has 0 aromatic rings. The number of hydrogen-bond acceptors (Lipinski definition) is 3. The van der Waals surface area contributed by atoms with E-state index in [0.717, 1.165) is 31.4 Å². The monoisotopic (exact) mass is 455 g/mol. The van der Waals surface area contributed by atoms with Crippen molar-refractivity contribution < 1.29 is 9.47 Å². The number of halogens is 1. The SMILES string of the molecule is CN=C(NCCCOCCOC)NC(C)CCC1CCCCC1.I. The van der Waals surface area contributed by atoms with Crippen molar-refractivity contribution in [1.82, 2.24) is 10.6 Å². The van der Waals surface area contributed by atoms with Gasteiger partial charge in [0.15, 0.2) is 5.96 Å². The largest absolute Gasteiger partial charge is 0.382 e. The van der Waals surface area contributed by atoms with Gasteiger partial charge in [0.25, 0.3) is 0 Å². The second kappa shape index (κ2) is 16.4. The summed E-state index contributed by atoms with van der Waals surface area (Å²) in [7, 11) is 3.52. The van der Waals surface area contributed by atoms with E-state index in [4.69, 9.17) is 9.47 Å². The quantitative estimate of drug-likeness (QED) is 0.217. The summed E-state index contributed by atoms with van der Waals surface area (Å²) < 4.78 is 10.4. The van der Waals surface area contributed by atoms with Crippen LogP contribution in [0.2, 0.25) is 0 Å². The Balaban J connectivity index is 0.00000529. The fraction of sp³-hybridized carbons (Fsp3) is 0.944. The Morgan fingerprint density at radius 1 is 1.17 bits per heavy atom. The molecule has 0 amide bonds. The van der Waals surface area contributed by atoms with Gasteiger partial charge in [0.2, 0.25) is 0 Å². The van der Waals surface area contributed by atoms with Crippen molar-refractivity contribution in [1.29, 1.82) is 0 Å². The van der Waals surface area contributed by atoms with E-state index < -0.39 is 0 Å². The molecule has 1 rings (SSSR count). The van der Waals surface area contributed by atoms with Crippen molar-refractivity contribution in [2.24, 2.45) is 10.9 Å². The van der Waals surface area contributed by atoms with Crippen LogP contribution in [0.4, 0.5) is 0 Å². The van der Waals surface area contributed by atoms with Crippen LogP contribution >= 0.6 is 24.0 Å². The maximum Gasteiger partial charge on any atom is 0.191 e. The van der Waals surface area contributed by atoms with Crippen LogP contribution in [0.1, 0.15) is 58.3 Å². The van der Waals surface area contributed by atoms with Gasteiger partial charge in [0.1, 0.15) is 0 Å². The minimum absolute atomic E-state index is 0. The number of hydrogen-bond donors (Lipinski definition) is 2. The molecule has 1 fully saturated rings. The zero-order valence-electron chi connectivity index (χ0n) is 15.8. The Kier molecular flexibility index (Phi) is 16.3. The van der Waals surface area contributed by atoms with Crippen LogP contribution in [0, 0.1) is 5.92 Å². The second-order valence-electron chi connectivity index (χ2n) is 6.58. The zero-order chi connectivity index (χ0) is 16.8. The molecule has 0 aromatic carbocycles. The topological polar surface area (TPSA) is 54.9 Å². The molecular weight excluding hydrogens is 417 g/mol. The molecule has 2 N–H and O–H groups in total. The van der Waals surface area contributed by atoms with Crippen LogP contribution in [0.3, 0.4) is 0 Å². The van der Waals surface area contributed by atoms with Crippen molar-refractivity contribution in [3.63, 3.8) is 0 Å². The Hall–Kier alpha value is -0.0800. The molecular formula is C18H38IN3O2. The highest BCUT2D eigenvalue weighted by Crippen LogP contribution is 2.27. The van der Waals surface area contributed by atoms with E-state index in [1.54, 1.807) is 7.11 Å². The maximum atomic E-state index is 5.45.